The molecule has 0 aliphatic carbocycles. The summed E-state index contributed by atoms with van der Waals surface area (Å²) in [6.07, 6.45) is 1.66. The molecule has 0 atom stereocenters. The van der Waals surface area contributed by atoms with Crippen molar-refractivity contribution in [3.63, 3.8) is 0 Å². The van der Waals surface area contributed by atoms with E-state index < -0.39 is 28.3 Å². The van der Waals surface area contributed by atoms with Crippen molar-refractivity contribution in [1.82, 2.24) is 5.32 Å². The molecule has 2 aromatic carbocycles. The van der Waals surface area contributed by atoms with Crippen molar-refractivity contribution in [1.29, 1.82) is 0 Å². The Morgan fingerprint density at radius 1 is 1.15 bits per heavy atom. The summed E-state index contributed by atoms with van der Waals surface area (Å²) in [7, 11) is -2.68. The van der Waals surface area contributed by atoms with Crippen molar-refractivity contribution in [2.45, 2.75) is 24.7 Å². The molecule has 0 heterocycles. The normalized spacial score (nSPS) is 11.1. The fraction of sp³-hybridized carbons (Fsp3) is 0.316. The molecule has 0 radical (unpaired) electrons. The summed E-state index contributed by atoms with van der Waals surface area (Å²) in [5.74, 6) is -0.733. The van der Waals surface area contributed by atoms with Gasteiger partial charge in [0.05, 0.1) is 17.7 Å². The van der Waals surface area contributed by atoms with Gasteiger partial charge in [0.1, 0.15) is 18.1 Å². The van der Waals surface area contributed by atoms with E-state index in [1.807, 2.05) is 6.92 Å². The van der Waals surface area contributed by atoms with E-state index in [4.69, 9.17) is 4.74 Å². The second-order valence-electron chi connectivity index (χ2n) is 5.84. The maximum absolute atomic E-state index is 14.3. The van der Waals surface area contributed by atoms with Crippen LogP contribution in [-0.4, -0.2) is 34.5 Å². The molecule has 8 heteroatoms. The van der Waals surface area contributed by atoms with Crippen LogP contribution in [0.3, 0.4) is 0 Å². The largest absolute Gasteiger partial charge is 0.497 e. The zero-order valence-corrected chi connectivity index (χ0v) is 16.1. The minimum absolute atomic E-state index is 0.0621. The summed E-state index contributed by atoms with van der Waals surface area (Å²) in [6.45, 7) is 1.90. The number of methoxy groups -OCH3 is 1. The molecule has 0 fully saturated rings. The lowest BCUT2D eigenvalue weighted by atomic mass is 10.3. The summed E-state index contributed by atoms with van der Waals surface area (Å²) in [4.78, 5) is 12.2. The van der Waals surface area contributed by atoms with Crippen molar-refractivity contribution < 1.29 is 22.3 Å². The van der Waals surface area contributed by atoms with Gasteiger partial charge in [-0.3, -0.25) is 9.10 Å². The first-order chi connectivity index (χ1) is 12.9. The van der Waals surface area contributed by atoms with Gasteiger partial charge >= 0.3 is 0 Å². The maximum Gasteiger partial charge on any atom is 0.264 e. The third-order valence-corrected chi connectivity index (χ3v) is 5.68. The molecule has 0 aliphatic heterocycles. The molecule has 0 unspecified atom stereocenters. The fourth-order valence-electron chi connectivity index (χ4n) is 2.42. The van der Waals surface area contributed by atoms with Gasteiger partial charge in [0, 0.05) is 6.54 Å². The monoisotopic (exact) mass is 394 g/mol. The standard InChI is InChI=1S/C19H23FN2O4S/c1-3-4-13-21-19(23)14-22(18-8-6-5-7-17(18)20)27(24,25)16-11-9-15(26-2)10-12-16/h5-12H,3-4,13-14H2,1-2H3,(H,21,23). The molecular weight excluding hydrogens is 371 g/mol. The van der Waals surface area contributed by atoms with Crippen molar-refractivity contribution in [3.8, 4) is 5.75 Å². The molecule has 2 rings (SSSR count). The number of hydrogen-bond acceptors (Lipinski definition) is 4. The number of unbranched alkanes of at least 4 members (excludes halogenated alkanes) is 1. The van der Waals surface area contributed by atoms with Crippen LogP contribution in [0.4, 0.5) is 10.1 Å². The minimum Gasteiger partial charge on any atom is -0.497 e. The third kappa shape index (κ3) is 5.19. The average molecular weight is 394 g/mol. The number of carbonyl (C=O) groups is 1. The number of hydrogen-bond donors (Lipinski definition) is 1. The number of nitrogens with zero attached hydrogens (tertiary/aromatic N) is 1. The summed E-state index contributed by atoms with van der Waals surface area (Å²) in [6, 6.07) is 11.2. The summed E-state index contributed by atoms with van der Waals surface area (Å²) >= 11 is 0. The Balaban J connectivity index is 2.38. The highest BCUT2D eigenvalue weighted by Crippen LogP contribution is 2.27. The first-order valence-electron chi connectivity index (χ1n) is 8.58. The fourth-order valence-corrected chi connectivity index (χ4v) is 3.85. The number of ether oxygens (including phenoxy) is 1. The van der Waals surface area contributed by atoms with Gasteiger partial charge in [-0.05, 0) is 42.8 Å². The summed E-state index contributed by atoms with van der Waals surface area (Å²) in [5, 5.41) is 2.66. The van der Waals surface area contributed by atoms with Gasteiger partial charge in [-0.25, -0.2) is 12.8 Å². The topological polar surface area (TPSA) is 75.7 Å². The predicted octanol–water partition coefficient (Wildman–Crippen LogP) is 2.95. The van der Waals surface area contributed by atoms with E-state index in [1.54, 1.807) is 0 Å². The SMILES string of the molecule is CCCCNC(=O)CN(c1ccccc1F)S(=O)(=O)c1ccc(OC)cc1. The van der Waals surface area contributed by atoms with Crippen molar-refractivity contribution >= 4 is 21.6 Å². The molecular formula is C19H23FN2O4S. The molecule has 2 aromatic rings. The van der Waals surface area contributed by atoms with E-state index in [1.165, 1.54) is 49.6 Å². The highest BCUT2D eigenvalue weighted by atomic mass is 32.2. The van der Waals surface area contributed by atoms with E-state index in [0.717, 1.165) is 23.2 Å². The molecule has 27 heavy (non-hydrogen) atoms. The first kappa shape index (κ1) is 20.7. The maximum atomic E-state index is 14.3. The number of sulfonamides is 1. The third-order valence-electron chi connectivity index (χ3n) is 3.91. The number of nitrogens with one attached hydrogen (secondary N) is 1. The Bertz CT molecular complexity index is 870. The summed E-state index contributed by atoms with van der Waals surface area (Å²) in [5.41, 5.74) is -0.182. The van der Waals surface area contributed by atoms with E-state index in [2.05, 4.69) is 5.32 Å². The minimum atomic E-state index is -4.15. The lowest BCUT2D eigenvalue weighted by molar-refractivity contribution is -0.119. The van der Waals surface area contributed by atoms with Gasteiger partial charge in [-0.15, -0.1) is 0 Å². The van der Waals surface area contributed by atoms with Crippen molar-refractivity contribution in [2.75, 3.05) is 24.5 Å². The summed E-state index contributed by atoms with van der Waals surface area (Å²) < 4.78 is 46.3. The Morgan fingerprint density at radius 3 is 2.41 bits per heavy atom. The average Bonchev–Trinajstić information content (AvgIpc) is 2.67. The first-order valence-corrected chi connectivity index (χ1v) is 10.0. The zero-order valence-electron chi connectivity index (χ0n) is 15.3. The van der Waals surface area contributed by atoms with Crippen LogP contribution in [0.5, 0.6) is 5.75 Å². The molecule has 0 aliphatic rings. The number of halogens is 1. The Morgan fingerprint density at radius 2 is 1.81 bits per heavy atom. The van der Waals surface area contributed by atoms with Gasteiger partial charge < -0.3 is 10.1 Å². The van der Waals surface area contributed by atoms with Crippen LogP contribution in [-0.2, 0) is 14.8 Å². The molecule has 0 saturated heterocycles. The van der Waals surface area contributed by atoms with Crippen molar-refractivity contribution in [3.05, 3.63) is 54.3 Å². The highest BCUT2D eigenvalue weighted by Gasteiger charge is 2.29. The lowest BCUT2D eigenvalue weighted by Crippen LogP contribution is -2.41. The lowest BCUT2D eigenvalue weighted by Gasteiger charge is -2.24. The van der Waals surface area contributed by atoms with Crippen LogP contribution < -0.4 is 14.4 Å². The second-order valence-corrected chi connectivity index (χ2v) is 7.70. The van der Waals surface area contributed by atoms with Crippen LogP contribution >= 0.6 is 0 Å². The van der Waals surface area contributed by atoms with Crippen LogP contribution in [0.25, 0.3) is 0 Å². The van der Waals surface area contributed by atoms with Crippen LogP contribution in [0.2, 0.25) is 0 Å². The molecule has 0 bridgehead atoms. The number of carbonyl (C=O) groups excluding carboxylic acids is 1. The number of anilines is 1. The van der Waals surface area contributed by atoms with Crippen LogP contribution in [0.15, 0.2) is 53.4 Å². The highest BCUT2D eigenvalue weighted by molar-refractivity contribution is 7.92. The second kappa shape index (κ2) is 9.36. The van der Waals surface area contributed by atoms with E-state index >= 15 is 0 Å². The van der Waals surface area contributed by atoms with Crippen LogP contribution in [0.1, 0.15) is 19.8 Å². The molecule has 0 spiro atoms. The Hall–Kier alpha value is -2.61. The molecule has 1 amide bonds. The molecule has 1 N–H and O–H groups in total. The van der Waals surface area contributed by atoms with Gasteiger partial charge in [-0.1, -0.05) is 25.5 Å². The number of para-hydroxylation sites is 1. The van der Waals surface area contributed by atoms with Crippen molar-refractivity contribution in [2.24, 2.45) is 0 Å². The Labute approximate surface area is 159 Å². The molecule has 0 aromatic heterocycles. The zero-order chi connectivity index (χ0) is 19.9. The van der Waals surface area contributed by atoms with Gasteiger partial charge in [0.2, 0.25) is 5.91 Å². The van der Waals surface area contributed by atoms with E-state index in [-0.39, 0.29) is 10.6 Å². The molecule has 146 valence electrons. The number of rotatable bonds is 9. The molecule has 0 saturated carbocycles. The smallest absolute Gasteiger partial charge is 0.264 e. The van der Waals surface area contributed by atoms with Gasteiger partial charge in [-0.2, -0.15) is 0 Å². The van der Waals surface area contributed by atoms with E-state index in [9.17, 15) is 17.6 Å². The molecule has 6 nitrogen and oxygen atoms in total. The number of amides is 1. The number of benzene rings is 2. The predicted molar refractivity (Wildman–Crippen MR) is 102 cm³/mol. The van der Waals surface area contributed by atoms with Crippen LogP contribution in [0, 0.1) is 5.82 Å². The quantitative estimate of drug-likeness (QED) is 0.664. The Kier molecular flexibility index (Phi) is 7.18. The van der Waals surface area contributed by atoms with Gasteiger partial charge in [0.15, 0.2) is 0 Å². The van der Waals surface area contributed by atoms with E-state index in [0.29, 0.717) is 12.3 Å². The van der Waals surface area contributed by atoms with Gasteiger partial charge in [0.25, 0.3) is 10.0 Å².